The van der Waals surface area contributed by atoms with Crippen molar-refractivity contribution in [3.8, 4) is 0 Å². The predicted molar refractivity (Wildman–Crippen MR) is 122 cm³/mol. The number of fused-ring (bicyclic) bond motifs is 5. The summed E-state index contributed by atoms with van der Waals surface area (Å²) in [4.78, 5) is 35.3. The maximum Gasteiger partial charge on any atom is 0.374 e. The van der Waals surface area contributed by atoms with Crippen molar-refractivity contribution in [1.29, 1.82) is 0 Å². The quantitative estimate of drug-likeness (QED) is 0.328. The summed E-state index contributed by atoms with van der Waals surface area (Å²) in [5.41, 5.74) is 1.99. The number of hydrogen-bond donors (Lipinski definition) is 0. The van der Waals surface area contributed by atoms with Crippen LogP contribution in [0.2, 0.25) is 0 Å². The van der Waals surface area contributed by atoms with E-state index in [4.69, 9.17) is 4.74 Å². The molecule has 4 rings (SSSR count). The van der Waals surface area contributed by atoms with E-state index in [0.29, 0.717) is 30.1 Å². The third-order valence-electron chi connectivity index (χ3n) is 10.1. The van der Waals surface area contributed by atoms with Crippen molar-refractivity contribution in [3.05, 3.63) is 11.6 Å². The number of carbonyl (C=O) groups excluding carboxylic acids is 3. The van der Waals surface area contributed by atoms with Crippen molar-refractivity contribution in [2.45, 2.75) is 91.6 Å². The average molecular weight is 445 g/mol. The molecule has 32 heavy (non-hydrogen) atoms. The van der Waals surface area contributed by atoms with Gasteiger partial charge in [-0.25, -0.2) is 4.79 Å². The third-order valence-corrected chi connectivity index (χ3v) is 10.1. The van der Waals surface area contributed by atoms with Gasteiger partial charge in [-0.3, -0.25) is 9.59 Å². The predicted octanol–water partition coefficient (Wildman–Crippen LogP) is 5.27. The van der Waals surface area contributed by atoms with Gasteiger partial charge in [-0.2, -0.15) is 0 Å². The fraction of sp³-hybridized carbons (Fsp3) is 0.815. The Morgan fingerprint density at radius 1 is 1.09 bits per heavy atom. The Balaban J connectivity index is 1.50. The van der Waals surface area contributed by atoms with E-state index in [1.807, 2.05) is 0 Å². The lowest BCUT2D eigenvalue weighted by Crippen LogP contribution is -2.51. The Hall–Kier alpha value is -1.65. The van der Waals surface area contributed by atoms with Crippen LogP contribution in [0, 0.1) is 40.4 Å². The summed E-state index contributed by atoms with van der Waals surface area (Å²) in [7, 11) is 1.28. The molecule has 3 fully saturated rings. The standard InChI is InChI=1S/C27H40O5/c1-16(14-24(29)25(30)31-5)21-8-9-22-20-7-6-18-15-19(32-17(2)28)10-12-26(18,3)23(20)11-13-27(21,22)4/h6,16,19-23H,7-15H2,1-5H3. The molecule has 0 spiro atoms. The van der Waals surface area contributed by atoms with Gasteiger partial charge in [0, 0.05) is 19.8 Å². The summed E-state index contributed by atoms with van der Waals surface area (Å²) in [6, 6.07) is 0. The van der Waals surface area contributed by atoms with Crippen LogP contribution in [-0.2, 0) is 23.9 Å². The molecule has 0 heterocycles. The molecule has 0 amide bonds. The highest BCUT2D eigenvalue weighted by molar-refractivity contribution is 6.33. The smallest absolute Gasteiger partial charge is 0.374 e. The molecular formula is C27H40O5. The number of esters is 2. The van der Waals surface area contributed by atoms with E-state index in [1.165, 1.54) is 38.9 Å². The summed E-state index contributed by atoms with van der Waals surface area (Å²) in [6.45, 7) is 8.59. The first-order chi connectivity index (χ1) is 15.1. The molecule has 0 aromatic carbocycles. The first-order valence-electron chi connectivity index (χ1n) is 12.6. The second kappa shape index (κ2) is 8.61. The molecule has 8 atom stereocenters. The number of rotatable bonds is 5. The first-order valence-corrected chi connectivity index (χ1v) is 12.6. The van der Waals surface area contributed by atoms with E-state index >= 15 is 0 Å². The minimum absolute atomic E-state index is 0.0429. The maximum atomic E-state index is 12.2. The second-order valence-corrected chi connectivity index (χ2v) is 11.6. The van der Waals surface area contributed by atoms with Crippen LogP contribution < -0.4 is 0 Å². The molecule has 5 nitrogen and oxygen atoms in total. The molecule has 4 aliphatic carbocycles. The minimum atomic E-state index is -0.706. The second-order valence-electron chi connectivity index (χ2n) is 11.6. The van der Waals surface area contributed by atoms with Crippen molar-refractivity contribution in [2.75, 3.05) is 7.11 Å². The van der Waals surface area contributed by atoms with Crippen molar-refractivity contribution >= 4 is 17.7 Å². The molecule has 0 N–H and O–H groups in total. The highest BCUT2D eigenvalue weighted by Crippen LogP contribution is 2.67. The third kappa shape index (κ3) is 3.84. The van der Waals surface area contributed by atoms with E-state index in [9.17, 15) is 14.4 Å². The largest absolute Gasteiger partial charge is 0.463 e. The number of hydrogen-bond acceptors (Lipinski definition) is 5. The summed E-state index contributed by atoms with van der Waals surface area (Å²) in [5.74, 6) is 1.51. The number of ether oxygens (including phenoxy) is 2. The van der Waals surface area contributed by atoms with Crippen LogP contribution in [0.5, 0.6) is 0 Å². The van der Waals surface area contributed by atoms with Crippen LogP contribution in [0.1, 0.15) is 85.5 Å². The fourth-order valence-corrected chi connectivity index (χ4v) is 8.57. The van der Waals surface area contributed by atoms with Gasteiger partial charge in [0.15, 0.2) is 0 Å². The Morgan fingerprint density at radius 3 is 2.53 bits per heavy atom. The molecule has 0 radical (unpaired) electrons. The lowest BCUT2D eigenvalue weighted by molar-refractivity contribution is -0.152. The Bertz CT molecular complexity index is 815. The van der Waals surface area contributed by atoms with Crippen molar-refractivity contribution in [2.24, 2.45) is 40.4 Å². The normalized spacial score (nSPS) is 41.4. The topological polar surface area (TPSA) is 69.7 Å². The molecule has 0 aromatic heterocycles. The van der Waals surface area contributed by atoms with Crippen molar-refractivity contribution < 1.29 is 23.9 Å². The van der Waals surface area contributed by atoms with Crippen LogP contribution in [0.4, 0.5) is 0 Å². The number of methoxy groups -OCH3 is 1. The van der Waals surface area contributed by atoms with Gasteiger partial charge in [0.25, 0.3) is 0 Å². The molecule has 8 unspecified atom stereocenters. The van der Waals surface area contributed by atoms with Gasteiger partial charge < -0.3 is 9.47 Å². The highest BCUT2D eigenvalue weighted by Gasteiger charge is 2.59. The summed E-state index contributed by atoms with van der Waals surface area (Å²) in [5, 5.41) is 0. The van der Waals surface area contributed by atoms with Gasteiger partial charge in [0.1, 0.15) is 6.10 Å². The number of Topliss-reactive ketones (excluding diaryl/α,β-unsaturated/α-hetero) is 1. The lowest BCUT2D eigenvalue weighted by Gasteiger charge is -2.58. The highest BCUT2D eigenvalue weighted by atomic mass is 16.5. The molecule has 4 aliphatic rings. The summed E-state index contributed by atoms with van der Waals surface area (Å²) < 4.78 is 10.2. The first kappa shape index (κ1) is 23.5. The molecule has 0 aliphatic heterocycles. The minimum Gasteiger partial charge on any atom is -0.463 e. The van der Waals surface area contributed by atoms with Crippen molar-refractivity contribution in [1.82, 2.24) is 0 Å². The average Bonchev–Trinajstić information content (AvgIpc) is 3.10. The number of allylic oxidation sites excluding steroid dienone is 1. The zero-order valence-electron chi connectivity index (χ0n) is 20.4. The maximum absolute atomic E-state index is 12.2. The van der Waals surface area contributed by atoms with Gasteiger partial charge in [0.2, 0.25) is 5.78 Å². The molecule has 0 aromatic rings. The summed E-state index contributed by atoms with van der Waals surface area (Å²) in [6.07, 6.45) is 11.8. The van der Waals surface area contributed by atoms with Gasteiger partial charge in [-0.15, -0.1) is 0 Å². The molecule has 0 saturated heterocycles. The zero-order chi connectivity index (χ0) is 23.3. The summed E-state index contributed by atoms with van der Waals surface area (Å²) >= 11 is 0. The molecule has 5 heteroatoms. The van der Waals surface area contributed by atoms with Crippen LogP contribution in [0.15, 0.2) is 11.6 Å². The SMILES string of the molecule is COC(=O)C(=O)CC(C)C1CCC2C3CC=C4CC(OC(C)=O)CCC4(C)C3CCC12C. The molecule has 3 saturated carbocycles. The number of ketones is 1. The number of carbonyl (C=O) groups is 3. The zero-order valence-corrected chi connectivity index (χ0v) is 20.4. The van der Waals surface area contributed by atoms with Crippen LogP contribution in [0.25, 0.3) is 0 Å². The van der Waals surface area contributed by atoms with Gasteiger partial charge in [-0.1, -0.05) is 32.4 Å². The van der Waals surface area contributed by atoms with Gasteiger partial charge in [-0.05, 0) is 85.4 Å². The van der Waals surface area contributed by atoms with Crippen LogP contribution in [-0.4, -0.2) is 30.9 Å². The van der Waals surface area contributed by atoms with E-state index in [-0.39, 0.29) is 34.6 Å². The molecule has 178 valence electrons. The molecular weight excluding hydrogens is 404 g/mol. The van der Waals surface area contributed by atoms with E-state index in [1.54, 1.807) is 0 Å². The van der Waals surface area contributed by atoms with Crippen molar-refractivity contribution in [3.63, 3.8) is 0 Å². The monoisotopic (exact) mass is 444 g/mol. The van der Waals surface area contributed by atoms with Gasteiger partial charge >= 0.3 is 11.9 Å². The van der Waals surface area contributed by atoms with Crippen LogP contribution in [0.3, 0.4) is 0 Å². The van der Waals surface area contributed by atoms with E-state index in [2.05, 4.69) is 31.6 Å². The Labute approximate surface area is 192 Å². The molecule has 0 bridgehead atoms. The lowest BCUT2D eigenvalue weighted by atomic mass is 9.47. The Kier molecular flexibility index (Phi) is 6.32. The van der Waals surface area contributed by atoms with Crippen LogP contribution >= 0.6 is 0 Å². The van der Waals surface area contributed by atoms with E-state index < -0.39 is 5.97 Å². The van der Waals surface area contributed by atoms with Gasteiger partial charge in [0.05, 0.1) is 7.11 Å². The van der Waals surface area contributed by atoms with E-state index in [0.717, 1.165) is 32.1 Å². The fourth-order valence-electron chi connectivity index (χ4n) is 8.57. The Morgan fingerprint density at radius 2 is 1.84 bits per heavy atom.